The fraction of sp³-hybridized carbons (Fsp3) is 0.333. The molecule has 0 spiro atoms. The third kappa shape index (κ3) is 3.56. The number of nitrogens with zero attached hydrogens (tertiary/aromatic N) is 4. The van der Waals surface area contributed by atoms with E-state index in [0.717, 1.165) is 16.0 Å². The van der Waals surface area contributed by atoms with Gasteiger partial charge >= 0.3 is 11.8 Å². The molecule has 1 amide bonds. The molecule has 0 fully saturated rings. The summed E-state index contributed by atoms with van der Waals surface area (Å²) in [6.07, 6.45) is -0.867. The quantitative estimate of drug-likeness (QED) is 0.437. The Morgan fingerprint density at radius 1 is 1.32 bits per heavy atom. The number of hydrogen-bond donors (Lipinski definition) is 1. The highest BCUT2D eigenvalue weighted by Crippen LogP contribution is 2.49. The second kappa shape index (κ2) is 8.36. The largest absolute Gasteiger partial charge is 0.448 e. The van der Waals surface area contributed by atoms with Crippen LogP contribution in [0.2, 0.25) is 5.22 Å². The number of nitrogens with two attached hydrogens (primary N) is 1. The molecule has 10 nitrogen and oxygen atoms in total. The van der Waals surface area contributed by atoms with E-state index in [4.69, 9.17) is 26.5 Å². The number of ether oxygens (including phenoxy) is 1. The topological polar surface area (TPSA) is 127 Å². The zero-order chi connectivity index (χ0) is 24.3. The van der Waals surface area contributed by atoms with Gasteiger partial charge in [0.25, 0.3) is 5.56 Å². The van der Waals surface area contributed by atoms with Crippen molar-refractivity contribution in [3.8, 4) is 10.7 Å². The number of furan rings is 1. The molecule has 0 radical (unpaired) electrons. The monoisotopic (exact) mass is 521 g/mol. The van der Waals surface area contributed by atoms with Crippen molar-refractivity contribution >= 4 is 51.7 Å². The minimum Gasteiger partial charge on any atom is -0.448 e. The number of rotatable bonds is 4. The maximum atomic E-state index is 13.4. The molecule has 1 aliphatic heterocycles. The summed E-state index contributed by atoms with van der Waals surface area (Å²) < 4.78 is 15.4. The summed E-state index contributed by atoms with van der Waals surface area (Å²) in [7, 11) is 3.10. The van der Waals surface area contributed by atoms with Crippen molar-refractivity contribution in [1.82, 2.24) is 18.7 Å². The van der Waals surface area contributed by atoms with E-state index < -0.39 is 22.6 Å². The summed E-state index contributed by atoms with van der Waals surface area (Å²) in [4.78, 5) is 42.3. The van der Waals surface area contributed by atoms with Crippen molar-refractivity contribution in [3.63, 3.8) is 0 Å². The lowest BCUT2D eigenvalue weighted by molar-refractivity contribution is 0.155. The van der Waals surface area contributed by atoms with Crippen LogP contribution in [0, 0.1) is 6.92 Å². The van der Waals surface area contributed by atoms with Gasteiger partial charge in [0.2, 0.25) is 0 Å². The molecule has 34 heavy (non-hydrogen) atoms. The zero-order valence-electron chi connectivity index (χ0n) is 18.4. The first-order chi connectivity index (χ1) is 16.2. The van der Waals surface area contributed by atoms with E-state index in [9.17, 15) is 14.4 Å². The van der Waals surface area contributed by atoms with E-state index in [2.05, 4.69) is 4.98 Å². The third-order valence-electron chi connectivity index (χ3n) is 5.75. The highest BCUT2D eigenvalue weighted by molar-refractivity contribution is 8.00. The summed E-state index contributed by atoms with van der Waals surface area (Å²) in [5, 5.41) is 2.53. The number of amides is 1. The van der Waals surface area contributed by atoms with Crippen molar-refractivity contribution < 1.29 is 13.9 Å². The van der Waals surface area contributed by atoms with E-state index in [-0.39, 0.29) is 17.1 Å². The fourth-order valence-electron chi connectivity index (χ4n) is 4.32. The van der Waals surface area contributed by atoms with Gasteiger partial charge in [-0.05, 0) is 30.7 Å². The van der Waals surface area contributed by atoms with Crippen LogP contribution in [0.1, 0.15) is 22.4 Å². The Morgan fingerprint density at radius 2 is 2.09 bits per heavy atom. The number of halogens is 1. The van der Waals surface area contributed by atoms with Gasteiger partial charge in [0.05, 0.1) is 27.5 Å². The second-order valence-electron chi connectivity index (χ2n) is 7.98. The van der Waals surface area contributed by atoms with Gasteiger partial charge in [-0.2, -0.15) is 0 Å². The van der Waals surface area contributed by atoms with Crippen LogP contribution >= 0.6 is 34.7 Å². The van der Waals surface area contributed by atoms with Gasteiger partial charge in [0, 0.05) is 31.7 Å². The average molecular weight is 522 g/mol. The van der Waals surface area contributed by atoms with Crippen molar-refractivity contribution in [2.75, 3.05) is 6.61 Å². The number of carbonyl (C=O) groups is 1. The van der Waals surface area contributed by atoms with Crippen LogP contribution in [-0.4, -0.2) is 36.6 Å². The lowest BCUT2D eigenvalue weighted by Crippen LogP contribution is -2.37. The fourth-order valence-corrected chi connectivity index (χ4v) is 6.73. The maximum absolute atomic E-state index is 13.4. The van der Waals surface area contributed by atoms with E-state index in [1.807, 2.05) is 16.9 Å². The Labute approximate surface area is 205 Å². The van der Waals surface area contributed by atoms with Gasteiger partial charge in [0.15, 0.2) is 5.22 Å². The van der Waals surface area contributed by atoms with Crippen LogP contribution in [0.3, 0.4) is 0 Å². The van der Waals surface area contributed by atoms with Crippen LogP contribution in [0.25, 0.3) is 21.6 Å². The summed E-state index contributed by atoms with van der Waals surface area (Å²) in [5.41, 5.74) is 7.03. The lowest BCUT2D eigenvalue weighted by atomic mass is 10.2. The number of fused-ring (bicyclic) bond motifs is 3. The number of aromatic nitrogens is 4. The van der Waals surface area contributed by atoms with Gasteiger partial charge in [-0.25, -0.2) is 14.6 Å². The van der Waals surface area contributed by atoms with Crippen molar-refractivity contribution in [2.45, 2.75) is 24.0 Å². The highest BCUT2D eigenvalue weighted by atomic mass is 35.5. The average Bonchev–Trinajstić information content (AvgIpc) is 3.50. The number of aryl methyl sites for hydroxylation is 2. The standard InChI is InChI=1S/C21H20ClN5O5S2/c1-9-8-33-18(24-9)15-13-14(25(2)21(30)26(3)19(13)28)16-17(11-4-5-12(22)32-11)34-10(6-27(15)16)7-31-20(23)29/h4-5,8,10,17H,6-7H2,1-3H3,(H2,23,29). The Hall–Kier alpha value is -2.96. The molecule has 178 valence electrons. The van der Waals surface area contributed by atoms with Crippen molar-refractivity contribution in [1.29, 1.82) is 0 Å². The number of primary amides is 1. The molecule has 2 N–H and O–H groups in total. The number of thioether (sulfide) groups is 1. The Kier molecular flexibility index (Phi) is 5.61. The summed E-state index contributed by atoms with van der Waals surface area (Å²) in [5.74, 6) is 0.550. The predicted molar refractivity (Wildman–Crippen MR) is 131 cm³/mol. The smallest absolute Gasteiger partial charge is 0.404 e. The molecular weight excluding hydrogens is 502 g/mol. The van der Waals surface area contributed by atoms with Gasteiger partial charge in [-0.3, -0.25) is 13.9 Å². The summed E-state index contributed by atoms with van der Waals surface area (Å²) in [6, 6.07) is 3.40. The normalized spacial score (nSPS) is 17.8. The van der Waals surface area contributed by atoms with E-state index >= 15 is 0 Å². The first kappa shape index (κ1) is 22.8. The van der Waals surface area contributed by atoms with Crippen LogP contribution in [0.4, 0.5) is 4.79 Å². The number of hydrogen-bond acceptors (Lipinski definition) is 8. The van der Waals surface area contributed by atoms with E-state index in [0.29, 0.717) is 33.9 Å². The molecule has 1 aliphatic rings. The summed E-state index contributed by atoms with van der Waals surface area (Å²) in [6.45, 7) is 2.34. The van der Waals surface area contributed by atoms with Gasteiger partial charge in [-0.15, -0.1) is 23.1 Å². The molecule has 4 aromatic rings. The van der Waals surface area contributed by atoms with Gasteiger partial charge in [-0.1, -0.05) is 0 Å². The van der Waals surface area contributed by atoms with E-state index in [1.54, 1.807) is 19.2 Å². The Balaban J connectivity index is 1.87. The van der Waals surface area contributed by atoms with Crippen LogP contribution in [0.15, 0.2) is 31.5 Å². The van der Waals surface area contributed by atoms with Crippen molar-refractivity contribution in [3.05, 3.63) is 60.7 Å². The zero-order valence-corrected chi connectivity index (χ0v) is 20.8. The van der Waals surface area contributed by atoms with Crippen molar-refractivity contribution in [2.24, 2.45) is 19.8 Å². The third-order valence-corrected chi connectivity index (χ3v) is 8.32. The molecule has 4 aromatic heterocycles. The molecular formula is C21H20ClN5O5S2. The molecule has 0 saturated heterocycles. The van der Waals surface area contributed by atoms with Crippen LogP contribution in [-0.2, 0) is 25.4 Å². The highest BCUT2D eigenvalue weighted by Gasteiger charge is 2.38. The molecule has 5 heterocycles. The molecule has 2 atom stereocenters. The number of carbonyl (C=O) groups excluding carboxylic acids is 1. The van der Waals surface area contributed by atoms with E-state index in [1.165, 1.54) is 34.7 Å². The lowest BCUT2D eigenvalue weighted by Gasteiger charge is -2.30. The second-order valence-corrected chi connectivity index (χ2v) is 10.6. The Bertz CT molecular complexity index is 1560. The Morgan fingerprint density at radius 3 is 2.71 bits per heavy atom. The summed E-state index contributed by atoms with van der Waals surface area (Å²) >= 11 is 8.99. The maximum Gasteiger partial charge on any atom is 0.404 e. The SMILES string of the molecule is Cc1csc(-c2c3c(=O)n(C)c(=O)n(C)c3c3n2CC(COC(N)=O)SC3c2ccc(Cl)o2)n1. The molecule has 13 heteroatoms. The minimum absolute atomic E-state index is 0.0617. The molecule has 0 saturated carbocycles. The predicted octanol–water partition coefficient (Wildman–Crippen LogP) is 3.02. The first-order valence-electron chi connectivity index (χ1n) is 10.2. The van der Waals surface area contributed by atoms with Crippen LogP contribution in [0.5, 0.6) is 0 Å². The molecule has 0 bridgehead atoms. The minimum atomic E-state index is -0.867. The van der Waals surface area contributed by atoms with Gasteiger partial charge < -0.3 is 19.5 Å². The van der Waals surface area contributed by atoms with Gasteiger partial charge in [0.1, 0.15) is 22.6 Å². The molecule has 5 rings (SSSR count). The first-order valence-corrected chi connectivity index (χ1v) is 12.4. The van der Waals surface area contributed by atoms with Crippen LogP contribution < -0.4 is 17.0 Å². The molecule has 0 aromatic carbocycles. The number of thiazole rings is 1. The molecule has 0 aliphatic carbocycles. The molecule has 2 unspecified atom stereocenters.